The molecule has 2 rings (SSSR count). The van der Waals surface area contributed by atoms with E-state index in [1.165, 1.54) is 23.6 Å². The van der Waals surface area contributed by atoms with E-state index >= 15 is 0 Å². The number of aromatic nitrogens is 1. The zero-order chi connectivity index (χ0) is 14.8. The van der Waals surface area contributed by atoms with Crippen molar-refractivity contribution in [2.45, 2.75) is 26.1 Å². The minimum atomic E-state index is -4.41. The van der Waals surface area contributed by atoms with Gasteiger partial charge in [0.05, 0.1) is 11.6 Å². The van der Waals surface area contributed by atoms with Crippen LogP contribution >= 0.6 is 11.3 Å². The Bertz CT molecular complexity index is 550. The van der Waals surface area contributed by atoms with Crippen molar-refractivity contribution in [1.82, 2.24) is 4.98 Å². The van der Waals surface area contributed by atoms with Crippen molar-refractivity contribution < 1.29 is 13.2 Å². The molecule has 0 aliphatic rings. The summed E-state index contributed by atoms with van der Waals surface area (Å²) in [7, 11) is 0. The second-order valence-corrected chi connectivity index (χ2v) is 5.76. The van der Waals surface area contributed by atoms with Crippen LogP contribution in [0, 0.1) is 5.92 Å². The maximum absolute atomic E-state index is 13.0. The third-order valence-corrected chi connectivity index (χ3v) is 3.88. The van der Waals surface area contributed by atoms with E-state index in [0.29, 0.717) is 0 Å². The molecule has 2 aromatic heterocycles. The lowest BCUT2D eigenvalue weighted by atomic mass is 10.0. The molecule has 0 amide bonds. The van der Waals surface area contributed by atoms with Gasteiger partial charge in [0.2, 0.25) is 0 Å². The predicted octanol–water partition coefficient (Wildman–Crippen LogP) is 4.97. The molecule has 0 aliphatic heterocycles. The lowest BCUT2D eigenvalue weighted by Gasteiger charge is -2.23. The smallest absolute Gasteiger partial charge is 0.362 e. The van der Waals surface area contributed by atoms with E-state index in [1.807, 2.05) is 31.4 Å². The number of anilines is 1. The minimum absolute atomic E-state index is 0.118. The summed E-state index contributed by atoms with van der Waals surface area (Å²) in [6, 6.07) is 5.95. The van der Waals surface area contributed by atoms with Crippen LogP contribution in [-0.4, -0.2) is 4.98 Å². The molecular formula is C14H15F3N2S. The molecule has 0 fully saturated rings. The molecule has 1 atom stereocenters. The molecule has 1 unspecified atom stereocenters. The Balaban J connectivity index is 2.33. The van der Waals surface area contributed by atoms with Crippen LogP contribution < -0.4 is 5.32 Å². The fraction of sp³-hybridized carbons (Fsp3) is 0.357. The highest BCUT2D eigenvalue weighted by molar-refractivity contribution is 7.10. The number of nitrogens with one attached hydrogen (secondary N) is 1. The van der Waals surface area contributed by atoms with Gasteiger partial charge in [-0.15, -0.1) is 11.3 Å². The molecule has 6 heteroatoms. The quantitative estimate of drug-likeness (QED) is 0.862. The van der Waals surface area contributed by atoms with Gasteiger partial charge in [0.15, 0.2) is 0 Å². The fourth-order valence-corrected chi connectivity index (χ4v) is 2.88. The first-order chi connectivity index (χ1) is 9.39. The molecule has 0 aliphatic carbocycles. The third-order valence-electron chi connectivity index (χ3n) is 2.92. The maximum Gasteiger partial charge on any atom is 0.419 e. The first-order valence-electron chi connectivity index (χ1n) is 6.21. The summed E-state index contributed by atoms with van der Waals surface area (Å²) in [5.74, 6) is 0.0313. The van der Waals surface area contributed by atoms with E-state index in [0.717, 1.165) is 10.9 Å². The van der Waals surface area contributed by atoms with Crippen LogP contribution in [0.3, 0.4) is 0 Å². The average Bonchev–Trinajstić information content (AvgIpc) is 2.88. The topological polar surface area (TPSA) is 24.9 Å². The summed E-state index contributed by atoms with van der Waals surface area (Å²) in [6.45, 7) is 3.93. The van der Waals surface area contributed by atoms with Crippen LogP contribution in [0.4, 0.5) is 19.0 Å². The Morgan fingerprint density at radius 1 is 1.20 bits per heavy atom. The fourth-order valence-electron chi connectivity index (χ4n) is 1.93. The Kier molecular flexibility index (Phi) is 4.32. The van der Waals surface area contributed by atoms with Crippen molar-refractivity contribution in [2.75, 3.05) is 5.32 Å². The number of thiophene rings is 1. The number of hydrogen-bond donors (Lipinski definition) is 1. The van der Waals surface area contributed by atoms with Crippen LogP contribution in [0.5, 0.6) is 0 Å². The Morgan fingerprint density at radius 2 is 1.95 bits per heavy atom. The normalized spacial score (nSPS) is 13.5. The van der Waals surface area contributed by atoms with E-state index in [1.54, 1.807) is 0 Å². The van der Waals surface area contributed by atoms with Crippen molar-refractivity contribution in [3.63, 3.8) is 0 Å². The van der Waals surface area contributed by atoms with Gasteiger partial charge in [-0.2, -0.15) is 13.2 Å². The number of pyridine rings is 1. The largest absolute Gasteiger partial charge is 0.419 e. The highest BCUT2D eigenvalue weighted by Gasteiger charge is 2.35. The van der Waals surface area contributed by atoms with E-state index in [2.05, 4.69) is 10.3 Å². The van der Waals surface area contributed by atoms with Crippen molar-refractivity contribution in [2.24, 2.45) is 5.92 Å². The number of nitrogens with zero attached hydrogens (tertiary/aromatic N) is 1. The van der Waals surface area contributed by atoms with E-state index in [-0.39, 0.29) is 17.8 Å². The van der Waals surface area contributed by atoms with Crippen LogP contribution in [-0.2, 0) is 6.18 Å². The molecule has 108 valence electrons. The van der Waals surface area contributed by atoms with Crippen molar-refractivity contribution >= 4 is 17.2 Å². The van der Waals surface area contributed by atoms with Gasteiger partial charge in [0.1, 0.15) is 5.82 Å². The summed E-state index contributed by atoms with van der Waals surface area (Å²) in [6.07, 6.45) is -3.04. The SMILES string of the molecule is CC(C)C(Nc1ncccc1C(F)(F)F)c1cccs1. The molecule has 2 aromatic rings. The standard InChI is InChI=1S/C14H15F3N2S/c1-9(2)12(11-6-4-8-20-11)19-13-10(14(15,16)17)5-3-7-18-13/h3-9,12H,1-2H3,(H,18,19). The highest BCUT2D eigenvalue weighted by atomic mass is 32.1. The van der Waals surface area contributed by atoms with E-state index in [4.69, 9.17) is 0 Å². The summed E-state index contributed by atoms with van der Waals surface area (Å²) < 4.78 is 38.9. The first-order valence-corrected chi connectivity index (χ1v) is 7.09. The summed E-state index contributed by atoms with van der Waals surface area (Å²) >= 11 is 1.52. The molecule has 2 heterocycles. The van der Waals surface area contributed by atoms with Gasteiger partial charge in [0, 0.05) is 11.1 Å². The molecular weight excluding hydrogens is 285 g/mol. The summed E-state index contributed by atoms with van der Waals surface area (Å²) in [4.78, 5) is 4.85. The van der Waals surface area contributed by atoms with Gasteiger partial charge in [0.25, 0.3) is 0 Å². The van der Waals surface area contributed by atoms with Crippen molar-refractivity contribution in [1.29, 1.82) is 0 Å². The summed E-state index contributed by atoms with van der Waals surface area (Å²) in [5.41, 5.74) is -0.734. The van der Waals surface area contributed by atoms with Gasteiger partial charge in [-0.1, -0.05) is 19.9 Å². The summed E-state index contributed by atoms with van der Waals surface area (Å²) in [5, 5.41) is 4.85. The first kappa shape index (κ1) is 14.8. The van der Waals surface area contributed by atoms with Crippen molar-refractivity contribution in [3.05, 3.63) is 46.3 Å². The zero-order valence-corrected chi connectivity index (χ0v) is 11.9. The lowest BCUT2D eigenvalue weighted by molar-refractivity contribution is -0.137. The molecule has 0 saturated heterocycles. The van der Waals surface area contributed by atoms with Gasteiger partial charge in [-0.3, -0.25) is 0 Å². The predicted molar refractivity (Wildman–Crippen MR) is 74.8 cm³/mol. The molecule has 0 aromatic carbocycles. The molecule has 20 heavy (non-hydrogen) atoms. The Labute approximate surface area is 119 Å². The van der Waals surface area contributed by atoms with Gasteiger partial charge < -0.3 is 5.32 Å². The molecule has 0 radical (unpaired) electrons. The van der Waals surface area contributed by atoms with Crippen LogP contribution in [0.1, 0.15) is 30.3 Å². The van der Waals surface area contributed by atoms with Crippen LogP contribution in [0.25, 0.3) is 0 Å². The van der Waals surface area contributed by atoms with Gasteiger partial charge in [-0.05, 0) is 29.5 Å². The van der Waals surface area contributed by atoms with Gasteiger partial charge >= 0.3 is 6.18 Å². The third kappa shape index (κ3) is 3.30. The van der Waals surface area contributed by atoms with E-state index < -0.39 is 11.7 Å². The second-order valence-electron chi connectivity index (χ2n) is 4.78. The number of halogens is 3. The number of rotatable bonds is 4. The Hall–Kier alpha value is -1.56. The zero-order valence-electron chi connectivity index (χ0n) is 11.1. The number of hydrogen-bond acceptors (Lipinski definition) is 3. The molecule has 2 nitrogen and oxygen atoms in total. The Morgan fingerprint density at radius 3 is 2.50 bits per heavy atom. The van der Waals surface area contributed by atoms with Crippen LogP contribution in [0.15, 0.2) is 35.8 Å². The van der Waals surface area contributed by atoms with Crippen LogP contribution in [0.2, 0.25) is 0 Å². The lowest BCUT2D eigenvalue weighted by Crippen LogP contribution is -2.19. The molecule has 1 N–H and O–H groups in total. The highest BCUT2D eigenvalue weighted by Crippen LogP contribution is 2.36. The van der Waals surface area contributed by atoms with Gasteiger partial charge in [-0.25, -0.2) is 4.98 Å². The molecule has 0 spiro atoms. The monoisotopic (exact) mass is 300 g/mol. The minimum Gasteiger partial charge on any atom is -0.362 e. The second kappa shape index (κ2) is 5.83. The van der Waals surface area contributed by atoms with Crippen molar-refractivity contribution in [3.8, 4) is 0 Å². The average molecular weight is 300 g/mol. The number of alkyl halides is 3. The molecule has 0 bridgehead atoms. The van der Waals surface area contributed by atoms with E-state index in [9.17, 15) is 13.2 Å². The molecule has 0 saturated carbocycles. The maximum atomic E-state index is 13.0.